The molecule has 230 valence electrons. The Labute approximate surface area is 261 Å². The van der Waals surface area contributed by atoms with Crippen molar-refractivity contribution < 1.29 is 48.0 Å². The van der Waals surface area contributed by atoms with E-state index in [1.165, 1.54) is 38.4 Å². The zero-order chi connectivity index (χ0) is 31.1. The number of ether oxygens (including phenoxy) is 4. The Balaban J connectivity index is 1.75. The van der Waals surface area contributed by atoms with Crippen LogP contribution in [0.1, 0.15) is 27.3 Å². The number of aliphatic hydroxyl groups excluding tert-OH is 2. The molecule has 3 atom stereocenters. The fourth-order valence-corrected chi connectivity index (χ4v) is 5.64. The molecule has 1 aliphatic carbocycles. The number of carbonyl (C=O) groups excluding carboxylic acids is 3. The summed E-state index contributed by atoms with van der Waals surface area (Å²) in [5, 5.41) is 24.2. The standard InChI is InChI=1S/C30H33IN2O10/c1-39-10-8-33(30(38)25-14-18-5-4-6-22(40-2)27(18)43-25)21-13-19(29(37)32-7-9-34)15-23(26(21)36)42-28-20(31)11-17(16-35)12-24(28)41-3/h4-6,11-12,14-16,21,23,26,34,36H,7-10,13H2,1-3H3,(H,32,37). The SMILES string of the molecule is COCCN(C(=O)c1cc2cccc(OC)c2o1)C1CC(C(=O)NCCO)=CC(Oc2c(I)cc(C=O)cc2OC)C1O. The Morgan fingerprint density at radius 2 is 1.93 bits per heavy atom. The third kappa shape index (κ3) is 7.12. The van der Waals surface area contributed by atoms with E-state index >= 15 is 0 Å². The van der Waals surface area contributed by atoms with Crippen LogP contribution < -0.4 is 19.5 Å². The highest BCUT2D eigenvalue weighted by molar-refractivity contribution is 14.1. The Bertz CT molecular complexity index is 1500. The second kappa shape index (κ2) is 14.7. The molecular formula is C30H33IN2O10. The van der Waals surface area contributed by atoms with E-state index in [-0.39, 0.29) is 55.6 Å². The number of carbonyl (C=O) groups is 3. The Hall–Kier alpha value is -3.66. The lowest BCUT2D eigenvalue weighted by Gasteiger charge is -2.40. The van der Waals surface area contributed by atoms with Gasteiger partial charge in [0, 0.05) is 43.1 Å². The van der Waals surface area contributed by atoms with E-state index in [1.54, 1.807) is 30.3 Å². The van der Waals surface area contributed by atoms with Crippen LogP contribution in [0.25, 0.3) is 11.0 Å². The molecule has 1 aliphatic rings. The van der Waals surface area contributed by atoms with Gasteiger partial charge in [0.25, 0.3) is 5.91 Å². The van der Waals surface area contributed by atoms with Crippen molar-refractivity contribution >= 4 is 51.7 Å². The third-order valence-electron chi connectivity index (χ3n) is 6.99. The fourth-order valence-electron chi connectivity index (χ4n) is 4.89. The maximum atomic E-state index is 14.0. The van der Waals surface area contributed by atoms with Crippen molar-refractivity contribution in [1.29, 1.82) is 0 Å². The van der Waals surface area contributed by atoms with Crippen molar-refractivity contribution in [3.05, 3.63) is 62.9 Å². The van der Waals surface area contributed by atoms with Crippen LogP contribution in [0.4, 0.5) is 0 Å². The van der Waals surface area contributed by atoms with Gasteiger partial charge in [-0.05, 0) is 52.9 Å². The molecule has 0 aliphatic heterocycles. The lowest BCUT2D eigenvalue weighted by atomic mass is 9.88. The van der Waals surface area contributed by atoms with E-state index in [0.717, 1.165) is 0 Å². The van der Waals surface area contributed by atoms with Crippen LogP contribution in [0, 0.1) is 3.57 Å². The van der Waals surface area contributed by atoms with Crippen molar-refractivity contribution in [2.45, 2.75) is 24.7 Å². The number of benzene rings is 2. The van der Waals surface area contributed by atoms with Gasteiger partial charge in [-0.25, -0.2) is 0 Å². The number of nitrogens with one attached hydrogen (secondary N) is 1. The largest absolute Gasteiger partial charge is 0.493 e. The molecule has 3 unspecified atom stereocenters. The highest BCUT2D eigenvalue weighted by atomic mass is 127. The van der Waals surface area contributed by atoms with Crippen LogP contribution in [0.5, 0.6) is 17.2 Å². The number of hydrogen-bond acceptors (Lipinski definition) is 10. The summed E-state index contributed by atoms with van der Waals surface area (Å²) in [5.74, 6) is -0.0268. The average molecular weight is 709 g/mol. The molecule has 0 fully saturated rings. The van der Waals surface area contributed by atoms with Crippen LogP contribution >= 0.6 is 22.6 Å². The molecule has 4 rings (SSSR count). The Kier molecular flexibility index (Phi) is 11.0. The molecule has 1 aromatic heterocycles. The normalized spacial score (nSPS) is 18.1. The van der Waals surface area contributed by atoms with Gasteiger partial charge in [0.2, 0.25) is 5.91 Å². The topological polar surface area (TPSA) is 157 Å². The van der Waals surface area contributed by atoms with Crippen LogP contribution in [0.15, 0.2) is 52.5 Å². The fraction of sp³-hybridized carbons (Fsp3) is 0.367. The van der Waals surface area contributed by atoms with Crippen LogP contribution in [-0.4, -0.2) is 99.1 Å². The first kappa shape index (κ1) is 32.3. The first-order valence-corrected chi connectivity index (χ1v) is 14.5. The lowest BCUT2D eigenvalue weighted by Crippen LogP contribution is -2.55. The van der Waals surface area contributed by atoms with E-state index in [0.29, 0.717) is 32.1 Å². The number of hydrogen-bond donors (Lipinski definition) is 3. The van der Waals surface area contributed by atoms with Crippen LogP contribution in [0.3, 0.4) is 0 Å². The minimum absolute atomic E-state index is 0.0148. The summed E-state index contributed by atoms with van der Waals surface area (Å²) in [4.78, 5) is 39.9. The molecule has 3 aromatic rings. The second-order valence-corrected chi connectivity index (χ2v) is 10.8. The minimum Gasteiger partial charge on any atom is -0.493 e. The quantitative estimate of drug-likeness (QED) is 0.178. The molecule has 3 N–H and O–H groups in total. The maximum Gasteiger partial charge on any atom is 0.290 e. The Morgan fingerprint density at radius 1 is 1.16 bits per heavy atom. The molecule has 0 radical (unpaired) electrons. The summed E-state index contributed by atoms with van der Waals surface area (Å²) in [5.41, 5.74) is 1.01. The minimum atomic E-state index is -1.31. The highest BCUT2D eigenvalue weighted by Crippen LogP contribution is 2.37. The number of nitrogens with zero attached hydrogens (tertiary/aromatic N) is 1. The Morgan fingerprint density at radius 3 is 2.60 bits per heavy atom. The van der Waals surface area contributed by atoms with Gasteiger partial charge in [-0.1, -0.05) is 12.1 Å². The van der Waals surface area contributed by atoms with E-state index in [1.807, 2.05) is 22.6 Å². The predicted octanol–water partition coefficient (Wildman–Crippen LogP) is 2.57. The van der Waals surface area contributed by atoms with Gasteiger partial charge >= 0.3 is 0 Å². The van der Waals surface area contributed by atoms with Gasteiger partial charge in [0.1, 0.15) is 18.5 Å². The van der Waals surface area contributed by atoms with Crippen LogP contribution in [0.2, 0.25) is 0 Å². The summed E-state index contributed by atoms with van der Waals surface area (Å²) in [6.45, 7) is -0.0462. The number of aliphatic hydroxyl groups is 2. The maximum absolute atomic E-state index is 14.0. The summed E-state index contributed by atoms with van der Waals surface area (Å²) in [7, 11) is 4.41. The number of para-hydroxylation sites is 1. The zero-order valence-electron chi connectivity index (χ0n) is 23.9. The molecule has 0 spiro atoms. The number of rotatable bonds is 13. The van der Waals surface area contributed by atoms with Gasteiger partial charge in [-0.15, -0.1) is 0 Å². The number of furan rings is 1. The average Bonchev–Trinajstić information content (AvgIpc) is 3.46. The smallest absolute Gasteiger partial charge is 0.290 e. The molecule has 13 heteroatoms. The summed E-state index contributed by atoms with van der Waals surface area (Å²) in [6, 6.07) is 9.03. The van der Waals surface area contributed by atoms with E-state index in [4.69, 9.17) is 23.4 Å². The van der Waals surface area contributed by atoms with E-state index in [2.05, 4.69) is 5.32 Å². The van der Waals surface area contributed by atoms with E-state index < -0.39 is 30.1 Å². The van der Waals surface area contributed by atoms with Crippen molar-refractivity contribution in [3.63, 3.8) is 0 Å². The van der Waals surface area contributed by atoms with Crippen molar-refractivity contribution in [2.24, 2.45) is 0 Å². The van der Waals surface area contributed by atoms with Crippen LogP contribution in [-0.2, 0) is 9.53 Å². The monoisotopic (exact) mass is 708 g/mol. The number of halogens is 1. The van der Waals surface area contributed by atoms with E-state index in [9.17, 15) is 24.6 Å². The summed E-state index contributed by atoms with van der Waals surface area (Å²) in [6.07, 6.45) is -0.263. The molecule has 2 amide bonds. The van der Waals surface area contributed by atoms with Gasteiger partial charge in [0.15, 0.2) is 28.6 Å². The summed E-state index contributed by atoms with van der Waals surface area (Å²) < 4.78 is 28.8. The second-order valence-electron chi connectivity index (χ2n) is 9.65. The molecule has 0 saturated carbocycles. The lowest BCUT2D eigenvalue weighted by molar-refractivity contribution is -0.118. The molecule has 1 heterocycles. The van der Waals surface area contributed by atoms with Gasteiger partial charge in [-0.2, -0.15) is 0 Å². The van der Waals surface area contributed by atoms with Gasteiger partial charge in [0.05, 0.1) is 37.0 Å². The predicted molar refractivity (Wildman–Crippen MR) is 164 cm³/mol. The van der Waals surface area contributed by atoms with Crippen molar-refractivity contribution in [1.82, 2.24) is 10.2 Å². The number of methoxy groups -OCH3 is 3. The molecular weight excluding hydrogens is 675 g/mol. The van der Waals surface area contributed by atoms with Gasteiger partial charge in [-0.3, -0.25) is 14.4 Å². The molecule has 0 saturated heterocycles. The molecule has 2 aromatic carbocycles. The first-order chi connectivity index (χ1) is 20.8. The zero-order valence-corrected chi connectivity index (χ0v) is 26.0. The first-order valence-electron chi connectivity index (χ1n) is 13.4. The molecule has 43 heavy (non-hydrogen) atoms. The number of amides is 2. The van der Waals surface area contributed by atoms with Gasteiger partial charge < -0.3 is 43.8 Å². The summed E-state index contributed by atoms with van der Waals surface area (Å²) >= 11 is 1.99. The molecule has 12 nitrogen and oxygen atoms in total. The molecule has 0 bridgehead atoms. The highest BCUT2D eigenvalue weighted by Gasteiger charge is 2.41. The third-order valence-corrected chi connectivity index (χ3v) is 7.79. The number of aldehydes is 1. The van der Waals surface area contributed by atoms with Crippen molar-refractivity contribution in [3.8, 4) is 17.2 Å². The van der Waals surface area contributed by atoms with Crippen molar-refractivity contribution in [2.75, 3.05) is 47.6 Å². The number of fused-ring (bicyclic) bond motifs is 1.